The van der Waals surface area contributed by atoms with Gasteiger partial charge in [-0.25, -0.2) is 16.8 Å². The number of rotatable bonds is 28. The van der Waals surface area contributed by atoms with Gasteiger partial charge in [-0.1, -0.05) is 138 Å². The third kappa shape index (κ3) is 27.1. The van der Waals surface area contributed by atoms with Crippen molar-refractivity contribution in [2.75, 3.05) is 89.9 Å². The van der Waals surface area contributed by atoms with E-state index in [4.69, 9.17) is 22.9 Å². The van der Waals surface area contributed by atoms with E-state index < -0.39 is 60.5 Å². The fraction of sp³-hybridized carbons (Fsp3) is 0.234. The number of carbonyl (C=O) groups excluding carboxylic acids is 2. The number of anilines is 5. The minimum absolute atomic E-state index is 0.0162. The molecule has 0 aliphatic carbocycles. The lowest BCUT2D eigenvalue weighted by Crippen LogP contribution is -2.33. The number of hydrogen-bond donors (Lipinski definition) is 10. The number of amides is 2. The second kappa shape index (κ2) is 48.7. The van der Waals surface area contributed by atoms with Crippen LogP contribution in [0.5, 0.6) is 23.0 Å². The van der Waals surface area contributed by atoms with Crippen LogP contribution in [0.4, 0.5) is 73.9 Å². The van der Waals surface area contributed by atoms with Crippen molar-refractivity contribution in [2.24, 2.45) is 40.9 Å². The van der Waals surface area contributed by atoms with Gasteiger partial charge in [0.05, 0.1) is 104 Å². The Morgan fingerprint density at radius 2 is 0.703 bits per heavy atom. The average Bonchev–Trinajstić information content (AvgIpc) is 0.923. The standard InChI is InChI=1S/C25H32N4O6S2.C23H26N4O6S2.C19H18N4O5S.C17H15N3O4S.C8H9NO.C2H6/c1-4-6-14-29(15-7-5-2)36(31,32)23-11-9-8-10-21(23)27-28-25-20(26)13-12-18-16-19(37(33,34)35-3)17-22(30)24(18)25;1-33-35(31,32)17-14-16-10-11-18(24)23(22(16)20(28)15-17)26-25-19-8-4-5-9-21(19)34(29,30)27-12-6-2-3-7-13-27;1-11(24)21-13-4-6-14(7-5-13)22-23-19-16(20)8-3-12-9-15(29(26,27)28-2)10-17(25)18(12)19;1-24-25(22,23)13-9-11-7-8-14(18)17(16(11)15(21)10-13)20-19-12-5-3-2-4-6-12;1-9-8(10)7-5-3-2-4-6-7;1-2/h8-13,16-17,30H,4-7,14-15,26H2,1-3H3;4-5,8-11,14-15,28H,2-3,6-7,12-13,24H2,1H3;3-10,25H,20H2,1-2H3,(H,21,24);2-10,21H,18H2,1H3;2-6H,1H3,(H,9,10);1-2H3. The van der Waals surface area contributed by atoms with Gasteiger partial charge in [0.25, 0.3) is 46.4 Å². The highest BCUT2D eigenvalue weighted by molar-refractivity contribution is 7.89. The summed E-state index contributed by atoms with van der Waals surface area (Å²) in [6, 6.07) is 59.4. The molecule has 138 heavy (non-hydrogen) atoms. The number of phenolic OH excluding ortho intramolecular Hbond substituents is 4. The highest BCUT2D eigenvalue weighted by Gasteiger charge is 2.31. The quantitative estimate of drug-likeness (QED) is 0.0124. The molecule has 13 aromatic rings. The maximum atomic E-state index is 13.6. The summed E-state index contributed by atoms with van der Waals surface area (Å²) in [7, 11) is -17.9. The second-order valence-corrected chi connectivity index (χ2v) is 40.5. The topological polar surface area (TPSA) is 590 Å². The number of nitrogens with one attached hydrogen (secondary N) is 2. The Morgan fingerprint density at radius 3 is 1.04 bits per heavy atom. The molecule has 0 bridgehead atoms. The van der Waals surface area contributed by atoms with Crippen LogP contribution in [0.1, 0.15) is 96.3 Å². The molecule has 1 heterocycles. The van der Waals surface area contributed by atoms with Gasteiger partial charge in [0.15, 0.2) is 0 Å². The Morgan fingerprint density at radius 1 is 0.391 bits per heavy atom. The molecule has 1 fully saturated rings. The monoisotopic (exact) mass is 2000 g/mol. The van der Waals surface area contributed by atoms with E-state index in [0.29, 0.717) is 81.4 Å². The number of benzene rings is 13. The lowest BCUT2D eigenvalue weighted by atomic mass is 10.1. The number of phenols is 4. The van der Waals surface area contributed by atoms with E-state index >= 15 is 0 Å². The summed E-state index contributed by atoms with van der Waals surface area (Å²) < 4.78 is 171. The number of nitrogens with zero attached hydrogens (tertiary/aromatic N) is 10. The number of nitrogens with two attached hydrogens (primary N) is 4. The number of sulfonamides is 2. The first-order valence-electron chi connectivity index (χ1n) is 42.7. The van der Waals surface area contributed by atoms with Gasteiger partial charge in [-0.15, -0.1) is 30.7 Å². The molecule has 0 spiro atoms. The zero-order valence-corrected chi connectivity index (χ0v) is 81.7. The number of unbranched alkanes of at least 4 members (excludes halogenated alkanes) is 2. The van der Waals surface area contributed by atoms with Crippen molar-refractivity contribution in [3.8, 4) is 23.0 Å². The van der Waals surface area contributed by atoms with Crippen LogP contribution in [0.2, 0.25) is 0 Å². The van der Waals surface area contributed by atoms with Crippen molar-refractivity contribution in [1.82, 2.24) is 13.9 Å². The normalized spacial score (nSPS) is 12.8. The minimum Gasteiger partial charge on any atom is -0.507 e. The molecular weight excluding hydrogens is 1900 g/mol. The summed E-state index contributed by atoms with van der Waals surface area (Å²) in [4.78, 5) is 21.2. The number of fused-ring (bicyclic) bond motifs is 4. The maximum Gasteiger partial charge on any atom is 0.296 e. The number of nitrogen functional groups attached to an aromatic ring is 4. The maximum absolute atomic E-state index is 13.6. The average molecular weight is 2000 g/mol. The van der Waals surface area contributed by atoms with Gasteiger partial charge in [0.1, 0.15) is 66.9 Å². The van der Waals surface area contributed by atoms with Crippen molar-refractivity contribution in [3.05, 3.63) is 236 Å². The predicted octanol–water partition coefficient (Wildman–Crippen LogP) is 19.7. The third-order valence-corrected chi connectivity index (χ3v) is 29.5. The van der Waals surface area contributed by atoms with Crippen LogP contribution in [0.3, 0.4) is 0 Å². The smallest absolute Gasteiger partial charge is 0.296 e. The molecule has 1 saturated heterocycles. The van der Waals surface area contributed by atoms with Crippen molar-refractivity contribution >= 4 is 189 Å². The van der Waals surface area contributed by atoms with E-state index in [9.17, 15) is 80.5 Å². The van der Waals surface area contributed by atoms with Crippen LogP contribution >= 0.6 is 0 Å². The first-order valence-corrected chi connectivity index (χ1v) is 51.2. The molecule has 730 valence electrons. The largest absolute Gasteiger partial charge is 0.507 e. The molecule has 0 unspecified atom stereocenters. The highest BCUT2D eigenvalue weighted by Crippen LogP contribution is 2.47. The Balaban J connectivity index is 0.000000199. The van der Waals surface area contributed by atoms with E-state index in [1.807, 2.05) is 64.1 Å². The van der Waals surface area contributed by atoms with Gasteiger partial charge in [0.2, 0.25) is 26.0 Å². The van der Waals surface area contributed by atoms with E-state index in [1.165, 1.54) is 76.2 Å². The summed E-state index contributed by atoms with van der Waals surface area (Å²) in [5, 5.41) is 83.0. The second-order valence-electron chi connectivity index (χ2n) is 29.8. The van der Waals surface area contributed by atoms with Crippen LogP contribution in [-0.4, -0.2) is 153 Å². The molecule has 0 atom stereocenters. The highest BCUT2D eigenvalue weighted by atomic mass is 32.2. The first kappa shape index (κ1) is 108. The minimum atomic E-state index is -4.05. The van der Waals surface area contributed by atoms with Gasteiger partial charge in [-0.2, -0.15) is 52.5 Å². The van der Waals surface area contributed by atoms with Crippen LogP contribution in [0, 0.1) is 0 Å². The van der Waals surface area contributed by atoms with Gasteiger partial charge in [-0.05, 0) is 169 Å². The van der Waals surface area contributed by atoms with Crippen molar-refractivity contribution in [2.45, 2.75) is 115 Å². The van der Waals surface area contributed by atoms with Crippen molar-refractivity contribution in [3.63, 3.8) is 0 Å². The molecule has 13 aromatic carbocycles. The van der Waals surface area contributed by atoms with Crippen molar-refractivity contribution < 1.29 is 97.3 Å². The van der Waals surface area contributed by atoms with Gasteiger partial charge < -0.3 is 54.0 Å². The number of carbonyl (C=O) groups is 2. The zero-order chi connectivity index (χ0) is 101. The molecule has 2 amide bonds. The van der Waals surface area contributed by atoms with E-state index in [2.05, 4.69) is 68.3 Å². The SMILES string of the molecule is CC.CCCCN(CCCC)S(=O)(=O)c1ccccc1N=Nc1c(N)ccc2cc(S(=O)(=O)OC)cc(O)c12.CNC(=O)c1ccccc1.COS(=O)(=O)c1cc(O)c2c(N=Nc3ccc(NC(C)=O)cc3)c(N)ccc2c1.COS(=O)(=O)c1cc(O)c2c(N=Nc3ccccc3)c(N)ccc2c1.COS(=O)(=O)c1cc(O)c2c(N=Nc3ccccc3S(=O)(=O)N3CCCCCC3)c(N)ccc2c1. The molecule has 0 radical (unpaired) electrons. The van der Waals surface area contributed by atoms with E-state index in [0.717, 1.165) is 104 Å². The lowest BCUT2D eigenvalue weighted by molar-refractivity contribution is -0.114. The Hall–Kier alpha value is -13.9. The van der Waals surface area contributed by atoms with Gasteiger partial charge in [0, 0.05) is 75.7 Å². The molecule has 38 nitrogen and oxygen atoms in total. The number of aromatic hydroxyl groups is 4. The molecule has 1 aliphatic rings. The molecule has 1 aliphatic heterocycles. The summed E-state index contributed by atoms with van der Waals surface area (Å²) in [5.41, 5.74) is 28.4. The van der Waals surface area contributed by atoms with E-state index in [-0.39, 0.29) is 132 Å². The summed E-state index contributed by atoms with van der Waals surface area (Å²) in [5.74, 6) is -1.60. The third-order valence-electron chi connectivity index (χ3n) is 20.6. The van der Waals surface area contributed by atoms with Crippen LogP contribution < -0.4 is 33.6 Å². The molecule has 44 heteroatoms. The molecular formula is C94H106N16O22S6. The van der Waals surface area contributed by atoms with Crippen LogP contribution in [-0.2, 0) is 82.0 Å². The molecule has 14 N–H and O–H groups in total. The fourth-order valence-corrected chi connectivity index (χ4v) is 19.8. The zero-order valence-electron chi connectivity index (χ0n) is 76.8. The lowest BCUT2D eigenvalue weighted by Gasteiger charge is -2.22. The summed E-state index contributed by atoms with van der Waals surface area (Å²) >= 11 is 0. The summed E-state index contributed by atoms with van der Waals surface area (Å²) in [6.07, 6.45) is 6.77. The van der Waals surface area contributed by atoms with Gasteiger partial charge in [-0.3, -0.25) is 26.3 Å². The molecule has 14 rings (SSSR count). The van der Waals surface area contributed by atoms with Gasteiger partial charge >= 0.3 is 0 Å². The van der Waals surface area contributed by atoms with Crippen LogP contribution in [0.25, 0.3) is 43.1 Å². The Labute approximate surface area is 800 Å². The first-order chi connectivity index (χ1) is 65.7. The molecule has 0 saturated carbocycles. The summed E-state index contributed by atoms with van der Waals surface area (Å²) in [6.45, 7) is 11.1. The Bertz CT molecular complexity index is 7430. The Kier molecular flexibility index (Phi) is 38.0. The fourth-order valence-electron chi connectivity index (χ4n) is 13.6. The van der Waals surface area contributed by atoms with Crippen LogP contribution in [0.15, 0.2) is 301 Å². The van der Waals surface area contributed by atoms with E-state index in [1.54, 1.807) is 116 Å². The van der Waals surface area contributed by atoms with Crippen molar-refractivity contribution in [1.29, 1.82) is 0 Å². The number of hydrogen-bond acceptors (Lipinski definition) is 34. The molecule has 0 aromatic heterocycles. The number of azo groups is 4. The predicted molar refractivity (Wildman–Crippen MR) is 531 cm³/mol.